The highest BCUT2D eigenvalue weighted by atomic mass is 32.1. The van der Waals surface area contributed by atoms with Gasteiger partial charge in [-0.15, -0.1) is 11.3 Å². The summed E-state index contributed by atoms with van der Waals surface area (Å²) in [6.07, 6.45) is 4.22. The molecule has 25 heavy (non-hydrogen) atoms. The molecule has 1 aliphatic heterocycles. The van der Waals surface area contributed by atoms with Crippen LogP contribution in [0.25, 0.3) is 10.2 Å². The molecule has 0 atom stereocenters. The molecular formula is C20H24N4S. The number of piperidine rings is 1. The van der Waals surface area contributed by atoms with Crippen molar-refractivity contribution in [2.45, 2.75) is 33.6 Å². The van der Waals surface area contributed by atoms with Crippen LogP contribution in [0.3, 0.4) is 0 Å². The summed E-state index contributed by atoms with van der Waals surface area (Å²) in [5, 5.41) is 4.61. The zero-order valence-corrected chi connectivity index (χ0v) is 15.9. The molecule has 1 fully saturated rings. The fourth-order valence-corrected chi connectivity index (χ4v) is 4.43. The molecule has 3 heterocycles. The van der Waals surface area contributed by atoms with Crippen LogP contribution in [0.1, 0.15) is 30.2 Å². The van der Waals surface area contributed by atoms with Crippen LogP contribution in [0.4, 0.5) is 17.2 Å². The second-order valence-corrected chi connectivity index (χ2v) is 8.23. The van der Waals surface area contributed by atoms with Crippen molar-refractivity contribution in [2.75, 3.05) is 23.3 Å². The first-order valence-corrected chi connectivity index (χ1v) is 9.76. The number of nitrogens with zero attached hydrogens (tertiary/aromatic N) is 3. The van der Waals surface area contributed by atoms with E-state index in [2.05, 4.69) is 65.2 Å². The van der Waals surface area contributed by atoms with Gasteiger partial charge in [-0.1, -0.05) is 6.92 Å². The summed E-state index contributed by atoms with van der Waals surface area (Å²) in [4.78, 5) is 13.7. The normalized spacial score (nSPS) is 15.7. The van der Waals surface area contributed by atoms with Crippen molar-refractivity contribution in [2.24, 2.45) is 5.92 Å². The van der Waals surface area contributed by atoms with Gasteiger partial charge in [-0.2, -0.15) is 0 Å². The van der Waals surface area contributed by atoms with E-state index in [-0.39, 0.29) is 0 Å². The van der Waals surface area contributed by atoms with Crippen molar-refractivity contribution in [1.82, 2.24) is 9.97 Å². The first-order chi connectivity index (χ1) is 12.1. The molecule has 0 aliphatic carbocycles. The van der Waals surface area contributed by atoms with Crippen molar-refractivity contribution in [3.63, 3.8) is 0 Å². The summed E-state index contributed by atoms with van der Waals surface area (Å²) >= 11 is 1.73. The Hall–Kier alpha value is -2.14. The van der Waals surface area contributed by atoms with Crippen LogP contribution in [0.15, 0.2) is 30.6 Å². The van der Waals surface area contributed by atoms with Gasteiger partial charge in [0.1, 0.15) is 17.0 Å². The Morgan fingerprint density at radius 2 is 1.80 bits per heavy atom. The second kappa shape index (κ2) is 6.64. The number of aromatic nitrogens is 2. The molecule has 0 spiro atoms. The van der Waals surface area contributed by atoms with Gasteiger partial charge in [0.15, 0.2) is 0 Å². The molecule has 1 N–H and O–H groups in total. The maximum absolute atomic E-state index is 4.47. The number of anilines is 3. The number of hydrogen-bond donors (Lipinski definition) is 1. The van der Waals surface area contributed by atoms with Gasteiger partial charge < -0.3 is 10.2 Å². The highest BCUT2D eigenvalue weighted by Gasteiger charge is 2.16. The largest absolute Gasteiger partial charge is 0.372 e. The highest BCUT2D eigenvalue weighted by Crippen LogP contribution is 2.34. The Morgan fingerprint density at radius 1 is 1.08 bits per heavy atom. The SMILES string of the molecule is Cc1sc2ncnc(Nc3ccc(N4CCC(C)CC4)cc3)c2c1C. The minimum absolute atomic E-state index is 0.856. The summed E-state index contributed by atoms with van der Waals surface area (Å²) in [5.74, 6) is 1.75. The van der Waals surface area contributed by atoms with Gasteiger partial charge in [-0.3, -0.25) is 0 Å². The number of hydrogen-bond acceptors (Lipinski definition) is 5. The quantitative estimate of drug-likeness (QED) is 0.695. The van der Waals surface area contributed by atoms with Crippen LogP contribution in [0.5, 0.6) is 0 Å². The molecule has 2 aromatic heterocycles. The topological polar surface area (TPSA) is 41.1 Å². The van der Waals surface area contributed by atoms with Gasteiger partial charge in [0.25, 0.3) is 0 Å². The number of benzene rings is 1. The average molecular weight is 353 g/mol. The molecule has 5 heteroatoms. The smallest absolute Gasteiger partial charge is 0.142 e. The predicted octanol–water partition coefficient (Wildman–Crippen LogP) is 5.29. The van der Waals surface area contributed by atoms with Gasteiger partial charge in [-0.25, -0.2) is 9.97 Å². The molecule has 3 aromatic rings. The molecule has 1 aromatic carbocycles. The Balaban J connectivity index is 1.56. The summed E-state index contributed by atoms with van der Waals surface area (Å²) in [6, 6.07) is 8.72. The van der Waals surface area contributed by atoms with Crippen LogP contribution in [0.2, 0.25) is 0 Å². The molecule has 1 aliphatic rings. The van der Waals surface area contributed by atoms with Gasteiger partial charge in [0, 0.05) is 29.3 Å². The fraction of sp³-hybridized carbons (Fsp3) is 0.400. The monoisotopic (exact) mass is 352 g/mol. The lowest BCUT2D eigenvalue weighted by atomic mass is 9.99. The van der Waals surface area contributed by atoms with E-state index in [1.807, 2.05) is 0 Å². The van der Waals surface area contributed by atoms with E-state index >= 15 is 0 Å². The number of aryl methyl sites for hydroxylation is 2. The molecule has 4 rings (SSSR count). The third kappa shape index (κ3) is 3.21. The lowest BCUT2D eigenvalue weighted by Crippen LogP contribution is -2.32. The molecule has 0 bridgehead atoms. The molecule has 4 nitrogen and oxygen atoms in total. The second-order valence-electron chi connectivity index (χ2n) is 7.03. The van der Waals surface area contributed by atoms with Crippen LogP contribution in [0, 0.1) is 19.8 Å². The number of fused-ring (bicyclic) bond motifs is 1. The van der Waals surface area contributed by atoms with Gasteiger partial charge in [0.2, 0.25) is 0 Å². The van der Waals surface area contributed by atoms with Crippen LogP contribution < -0.4 is 10.2 Å². The van der Waals surface area contributed by atoms with Crippen molar-refractivity contribution in [1.29, 1.82) is 0 Å². The van der Waals surface area contributed by atoms with E-state index in [1.54, 1.807) is 17.7 Å². The third-order valence-corrected chi connectivity index (χ3v) is 6.36. The average Bonchev–Trinajstić information content (AvgIpc) is 2.92. The standard InChI is InChI=1S/C20H24N4S/c1-13-8-10-24(11-9-13)17-6-4-16(5-7-17)23-19-18-14(2)15(3)25-20(18)22-12-21-19/h4-7,12-13H,8-11H2,1-3H3,(H,21,22,23). The Kier molecular flexibility index (Phi) is 4.34. The maximum atomic E-state index is 4.47. The molecular weight excluding hydrogens is 328 g/mol. The summed E-state index contributed by atoms with van der Waals surface area (Å²) in [7, 11) is 0. The first-order valence-electron chi connectivity index (χ1n) is 8.94. The number of rotatable bonds is 3. The number of nitrogens with one attached hydrogen (secondary N) is 1. The Morgan fingerprint density at radius 3 is 2.52 bits per heavy atom. The first kappa shape index (κ1) is 16.3. The minimum Gasteiger partial charge on any atom is -0.372 e. The fourth-order valence-electron chi connectivity index (χ4n) is 3.44. The van der Waals surface area contributed by atoms with Crippen LogP contribution in [-0.4, -0.2) is 23.1 Å². The number of thiophene rings is 1. The predicted molar refractivity (Wildman–Crippen MR) is 107 cm³/mol. The molecule has 130 valence electrons. The van der Waals surface area contributed by atoms with E-state index in [4.69, 9.17) is 0 Å². The Bertz CT molecular complexity index is 877. The summed E-state index contributed by atoms with van der Waals surface area (Å²) in [6.45, 7) is 8.95. The van der Waals surface area contributed by atoms with Crippen molar-refractivity contribution >= 4 is 38.7 Å². The van der Waals surface area contributed by atoms with E-state index in [1.165, 1.54) is 29.0 Å². The summed E-state index contributed by atoms with van der Waals surface area (Å²) < 4.78 is 0. The van der Waals surface area contributed by atoms with Crippen LogP contribution >= 0.6 is 11.3 Å². The van der Waals surface area contributed by atoms with E-state index in [0.29, 0.717) is 0 Å². The molecule has 0 unspecified atom stereocenters. The molecule has 0 amide bonds. The van der Waals surface area contributed by atoms with Gasteiger partial charge in [-0.05, 0) is 62.4 Å². The zero-order chi connectivity index (χ0) is 17.4. The zero-order valence-electron chi connectivity index (χ0n) is 15.0. The summed E-state index contributed by atoms with van der Waals surface area (Å²) in [5.41, 5.74) is 3.65. The van der Waals surface area contributed by atoms with Crippen molar-refractivity contribution in [3.05, 3.63) is 41.0 Å². The molecule has 1 saturated heterocycles. The Labute approximate surface area is 152 Å². The van der Waals surface area contributed by atoms with Crippen LogP contribution in [-0.2, 0) is 0 Å². The lowest BCUT2D eigenvalue weighted by molar-refractivity contribution is 0.438. The van der Waals surface area contributed by atoms with E-state index < -0.39 is 0 Å². The highest BCUT2D eigenvalue weighted by molar-refractivity contribution is 7.18. The third-order valence-electron chi connectivity index (χ3n) is 5.24. The van der Waals surface area contributed by atoms with Gasteiger partial charge >= 0.3 is 0 Å². The lowest BCUT2D eigenvalue weighted by Gasteiger charge is -2.32. The molecule has 0 saturated carbocycles. The van der Waals surface area contributed by atoms with Gasteiger partial charge in [0.05, 0.1) is 5.39 Å². The van der Waals surface area contributed by atoms with Crippen molar-refractivity contribution in [3.8, 4) is 0 Å². The van der Waals surface area contributed by atoms with E-state index in [0.717, 1.165) is 40.7 Å². The van der Waals surface area contributed by atoms with Crippen molar-refractivity contribution < 1.29 is 0 Å². The minimum atomic E-state index is 0.856. The molecule has 0 radical (unpaired) electrons. The van der Waals surface area contributed by atoms with E-state index in [9.17, 15) is 0 Å². The maximum Gasteiger partial charge on any atom is 0.142 e.